The largest absolute Gasteiger partial charge is 0.294 e. The lowest BCUT2D eigenvalue weighted by molar-refractivity contribution is 0.0964. The fourth-order valence-corrected chi connectivity index (χ4v) is 2.72. The minimum atomic E-state index is 0.280. The van der Waals surface area contributed by atoms with E-state index in [-0.39, 0.29) is 5.78 Å². The van der Waals surface area contributed by atoms with Crippen LogP contribution in [0.3, 0.4) is 0 Å². The summed E-state index contributed by atoms with van der Waals surface area (Å²) in [5.41, 5.74) is 4.66. The number of carbonyl (C=O) groups excluding carboxylic acids is 1. The van der Waals surface area contributed by atoms with Gasteiger partial charge in [-0.05, 0) is 30.4 Å². The van der Waals surface area contributed by atoms with Crippen molar-refractivity contribution >= 4 is 5.78 Å². The third-order valence-corrected chi connectivity index (χ3v) is 3.76. The summed E-state index contributed by atoms with van der Waals surface area (Å²) in [6.07, 6.45) is 1.62. The van der Waals surface area contributed by atoms with Crippen molar-refractivity contribution in [2.75, 3.05) is 0 Å². The van der Waals surface area contributed by atoms with E-state index in [2.05, 4.69) is 37.3 Å². The maximum absolute atomic E-state index is 12.1. The van der Waals surface area contributed by atoms with Gasteiger partial charge in [-0.1, -0.05) is 54.1 Å². The summed E-state index contributed by atoms with van der Waals surface area (Å²) in [4.78, 5) is 12.1. The first-order valence-electron chi connectivity index (χ1n) is 6.42. The maximum atomic E-state index is 12.1. The lowest BCUT2D eigenvalue weighted by atomic mass is 9.79. The molecule has 0 radical (unpaired) electrons. The first-order valence-corrected chi connectivity index (χ1v) is 6.42. The summed E-state index contributed by atoms with van der Waals surface area (Å²) >= 11 is 0. The first kappa shape index (κ1) is 11.2. The summed E-state index contributed by atoms with van der Waals surface area (Å²) in [5.74, 6) is 0.621. The van der Waals surface area contributed by atoms with Crippen molar-refractivity contribution in [3.8, 4) is 0 Å². The molecule has 0 N–H and O–H groups in total. The smallest absolute Gasteiger partial charge is 0.163 e. The van der Waals surface area contributed by atoms with E-state index < -0.39 is 0 Å². The van der Waals surface area contributed by atoms with Gasteiger partial charge in [0.1, 0.15) is 0 Å². The minimum absolute atomic E-state index is 0.280. The molecular formula is C17H16O. The Morgan fingerprint density at radius 3 is 2.44 bits per heavy atom. The highest BCUT2D eigenvalue weighted by Gasteiger charge is 2.25. The molecule has 2 aromatic carbocycles. The van der Waals surface area contributed by atoms with E-state index in [1.165, 1.54) is 16.7 Å². The summed E-state index contributed by atoms with van der Waals surface area (Å²) in [5, 5.41) is 0. The molecule has 3 rings (SSSR count). The fraction of sp³-hybridized carbons (Fsp3) is 0.235. The molecule has 0 spiro atoms. The van der Waals surface area contributed by atoms with E-state index in [1.54, 1.807) is 0 Å². The van der Waals surface area contributed by atoms with E-state index in [0.717, 1.165) is 12.0 Å². The molecule has 90 valence electrons. The number of Topliss-reactive ketones (excluding diaryl/α,β-unsaturated/α-hetero) is 1. The Kier molecular flexibility index (Phi) is 2.75. The number of benzene rings is 2. The van der Waals surface area contributed by atoms with Crippen molar-refractivity contribution < 1.29 is 4.79 Å². The molecule has 1 heteroatoms. The minimum Gasteiger partial charge on any atom is -0.294 e. The van der Waals surface area contributed by atoms with Crippen LogP contribution in [0.4, 0.5) is 0 Å². The Balaban J connectivity index is 1.94. The Morgan fingerprint density at radius 2 is 1.67 bits per heavy atom. The van der Waals surface area contributed by atoms with Gasteiger partial charge in [0.2, 0.25) is 0 Å². The van der Waals surface area contributed by atoms with Crippen LogP contribution in [0.2, 0.25) is 0 Å². The molecule has 18 heavy (non-hydrogen) atoms. The summed E-state index contributed by atoms with van der Waals surface area (Å²) in [6.45, 7) is 2.09. The van der Waals surface area contributed by atoms with Crippen LogP contribution >= 0.6 is 0 Å². The fourth-order valence-electron chi connectivity index (χ4n) is 2.72. The zero-order chi connectivity index (χ0) is 12.5. The molecule has 1 atom stereocenters. The summed E-state index contributed by atoms with van der Waals surface area (Å²) in [6, 6.07) is 16.5. The van der Waals surface area contributed by atoms with Gasteiger partial charge in [0.15, 0.2) is 5.78 Å². The van der Waals surface area contributed by atoms with Crippen LogP contribution in [-0.4, -0.2) is 5.78 Å². The second-order valence-electron chi connectivity index (χ2n) is 5.10. The van der Waals surface area contributed by atoms with Crippen molar-refractivity contribution in [2.45, 2.75) is 25.7 Å². The number of hydrogen-bond donors (Lipinski definition) is 0. The van der Waals surface area contributed by atoms with Gasteiger partial charge in [0.05, 0.1) is 0 Å². The average molecular weight is 236 g/mol. The van der Waals surface area contributed by atoms with Gasteiger partial charge in [0.25, 0.3) is 0 Å². The number of ketones is 1. The van der Waals surface area contributed by atoms with E-state index >= 15 is 0 Å². The molecule has 0 aromatic heterocycles. The third-order valence-electron chi connectivity index (χ3n) is 3.76. The number of rotatable bonds is 1. The van der Waals surface area contributed by atoms with Crippen molar-refractivity contribution in [3.05, 3.63) is 70.8 Å². The zero-order valence-corrected chi connectivity index (χ0v) is 10.5. The van der Waals surface area contributed by atoms with Crippen LogP contribution < -0.4 is 0 Å². The number of carbonyl (C=O) groups is 1. The van der Waals surface area contributed by atoms with Crippen LogP contribution in [0.5, 0.6) is 0 Å². The van der Waals surface area contributed by atoms with Gasteiger partial charge in [-0.3, -0.25) is 4.79 Å². The number of aryl methyl sites for hydroxylation is 1. The number of hydrogen-bond acceptors (Lipinski definition) is 1. The molecule has 0 heterocycles. The first-order chi connectivity index (χ1) is 8.74. The molecule has 0 unspecified atom stereocenters. The molecule has 0 saturated carbocycles. The standard InChI is InChI=1S/C17H16O/c1-12-6-8-13(9-7-12)15-10-14-4-2-3-5-16(14)17(18)11-15/h2-9,15H,10-11H2,1H3/t15-/m1/s1. The third kappa shape index (κ3) is 1.97. The van der Waals surface area contributed by atoms with E-state index in [1.807, 2.05) is 18.2 Å². The van der Waals surface area contributed by atoms with Gasteiger partial charge < -0.3 is 0 Å². The Bertz CT molecular complexity index is 581. The highest BCUT2D eigenvalue weighted by atomic mass is 16.1. The monoisotopic (exact) mass is 236 g/mol. The normalized spacial score (nSPS) is 18.5. The SMILES string of the molecule is Cc1ccc([C@H]2CC(=O)c3ccccc3C2)cc1. The van der Waals surface area contributed by atoms with Gasteiger partial charge in [-0.25, -0.2) is 0 Å². The lowest BCUT2D eigenvalue weighted by Gasteiger charge is -2.24. The van der Waals surface area contributed by atoms with E-state index in [4.69, 9.17) is 0 Å². The van der Waals surface area contributed by atoms with Crippen molar-refractivity contribution in [1.29, 1.82) is 0 Å². The second kappa shape index (κ2) is 4.41. The van der Waals surface area contributed by atoms with E-state index in [0.29, 0.717) is 12.3 Å². The van der Waals surface area contributed by atoms with Crippen LogP contribution in [-0.2, 0) is 6.42 Å². The number of fused-ring (bicyclic) bond motifs is 1. The van der Waals surface area contributed by atoms with Crippen LogP contribution in [0.1, 0.15) is 39.4 Å². The highest BCUT2D eigenvalue weighted by molar-refractivity contribution is 5.99. The zero-order valence-electron chi connectivity index (χ0n) is 10.5. The Hall–Kier alpha value is -1.89. The van der Waals surface area contributed by atoms with Crippen molar-refractivity contribution in [3.63, 3.8) is 0 Å². The van der Waals surface area contributed by atoms with Gasteiger partial charge in [0, 0.05) is 12.0 Å². The Morgan fingerprint density at radius 1 is 0.944 bits per heavy atom. The molecule has 0 amide bonds. The Labute approximate surface area is 107 Å². The molecule has 0 fully saturated rings. The predicted octanol–water partition coefficient (Wildman–Crippen LogP) is 3.91. The lowest BCUT2D eigenvalue weighted by Crippen LogP contribution is -2.18. The molecule has 2 aromatic rings. The molecule has 0 saturated heterocycles. The van der Waals surface area contributed by atoms with Gasteiger partial charge in [-0.2, -0.15) is 0 Å². The molecular weight excluding hydrogens is 220 g/mol. The van der Waals surface area contributed by atoms with Crippen molar-refractivity contribution in [2.24, 2.45) is 0 Å². The van der Waals surface area contributed by atoms with E-state index in [9.17, 15) is 4.79 Å². The molecule has 0 bridgehead atoms. The highest BCUT2D eigenvalue weighted by Crippen LogP contribution is 2.32. The summed E-state index contributed by atoms with van der Waals surface area (Å²) < 4.78 is 0. The van der Waals surface area contributed by atoms with Gasteiger partial charge in [-0.15, -0.1) is 0 Å². The van der Waals surface area contributed by atoms with Crippen LogP contribution in [0.15, 0.2) is 48.5 Å². The molecule has 0 aliphatic heterocycles. The van der Waals surface area contributed by atoms with Crippen LogP contribution in [0.25, 0.3) is 0 Å². The quantitative estimate of drug-likeness (QED) is 0.733. The predicted molar refractivity (Wildman–Crippen MR) is 73.0 cm³/mol. The molecule has 1 aliphatic rings. The topological polar surface area (TPSA) is 17.1 Å². The average Bonchev–Trinajstić information content (AvgIpc) is 2.39. The van der Waals surface area contributed by atoms with Crippen molar-refractivity contribution in [1.82, 2.24) is 0 Å². The molecule has 1 aliphatic carbocycles. The summed E-state index contributed by atoms with van der Waals surface area (Å²) in [7, 11) is 0. The molecule has 1 nitrogen and oxygen atoms in total. The van der Waals surface area contributed by atoms with Crippen LogP contribution in [0, 0.1) is 6.92 Å². The van der Waals surface area contributed by atoms with Gasteiger partial charge >= 0.3 is 0 Å². The second-order valence-corrected chi connectivity index (χ2v) is 5.10. The maximum Gasteiger partial charge on any atom is 0.163 e.